The molecule has 4 heteroatoms. The summed E-state index contributed by atoms with van der Waals surface area (Å²) in [6.45, 7) is 7.66. The Morgan fingerprint density at radius 3 is 2.61 bits per heavy atom. The smallest absolute Gasteiger partial charge is 0.242 e. The first-order valence-corrected chi connectivity index (χ1v) is 6.10. The Morgan fingerprint density at radius 2 is 2.06 bits per heavy atom. The predicted octanol–water partition coefficient (Wildman–Crippen LogP) is 1.89. The topological polar surface area (TPSA) is 61.4 Å². The van der Waals surface area contributed by atoms with Gasteiger partial charge in [0.15, 0.2) is 0 Å². The zero-order valence-corrected chi connectivity index (χ0v) is 11.4. The summed E-state index contributed by atoms with van der Waals surface area (Å²) in [4.78, 5) is 11.9. The summed E-state index contributed by atoms with van der Waals surface area (Å²) < 4.78 is 0. The van der Waals surface area contributed by atoms with Crippen molar-refractivity contribution in [2.45, 2.75) is 45.9 Å². The Labute approximate surface area is 108 Å². The lowest BCUT2D eigenvalue weighted by Crippen LogP contribution is -2.47. The molecule has 1 rings (SSSR count). The highest BCUT2D eigenvalue weighted by Crippen LogP contribution is 2.12. The van der Waals surface area contributed by atoms with Crippen molar-refractivity contribution in [3.05, 3.63) is 29.8 Å². The first-order valence-electron chi connectivity index (χ1n) is 6.10. The fourth-order valence-electron chi connectivity index (χ4n) is 1.55. The second-order valence-electron chi connectivity index (χ2n) is 5.46. The summed E-state index contributed by atoms with van der Waals surface area (Å²) in [6, 6.07) is 7.08. The maximum absolute atomic E-state index is 11.9. The van der Waals surface area contributed by atoms with Crippen LogP contribution >= 0.6 is 0 Å². The Morgan fingerprint density at radius 1 is 1.39 bits per heavy atom. The normalized spacial score (nSPS) is 12.9. The minimum atomic E-state index is -0.321. The predicted molar refractivity (Wildman–Crippen MR) is 73.3 cm³/mol. The number of aliphatic hydroxyl groups is 1. The minimum Gasteiger partial charge on any atom is -0.392 e. The van der Waals surface area contributed by atoms with Crippen LogP contribution in [0.25, 0.3) is 0 Å². The maximum atomic E-state index is 11.9. The number of hydrogen-bond acceptors (Lipinski definition) is 3. The van der Waals surface area contributed by atoms with E-state index in [1.165, 1.54) is 0 Å². The summed E-state index contributed by atoms with van der Waals surface area (Å²) in [5.41, 5.74) is 1.42. The largest absolute Gasteiger partial charge is 0.392 e. The number of benzene rings is 1. The van der Waals surface area contributed by atoms with Gasteiger partial charge in [0.2, 0.25) is 5.91 Å². The molecule has 0 fully saturated rings. The number of anilines is 1. The quantitative estimate of drug-likeness (QED) is 0.765. The second kappa shape index (κ2) is 5.87. The molecular weight excluding hydrogens is 228 g/mol. The van der Waals surface area contributed by atoms with Crippen molar-refractivity contribution in [1.29, 1.82) is 0 Å². The van der Waals surface area contributed by atoms with Gasteiger partial charge in [0.1, 0.15) is 6.04 Å². The first kappa shape index (κ1) is 14.5. The van der Waals surface area contributed by atoms with Crippen LogP contribution in [0.15, 0.2) is 24.3 Å². The molecule has 0 aromatic heterocycles. The summed E-state index contributed by atoms with van der Waals surface area (Å²) in [5.74, 6) is -0.0445. The van der Waals surface area contributed by atoms with Crippen LogP contribution in [-0.2, 0) is 11.4 Å². The van der Waals surface area contributed by atoms with Crippen LogP contribution in [0.2, 0.25) is 0 Å². The molecule has 0 radical (unpaired) electrons. The van der Waals surface area contributed by atoms with Gasteiger partial charge in [0.25, 0.3) is 0 Å². The first-order chi connectivity index (χ1) is 8.31. The van der Waals surface area contributed by atoms with Gasteiger partial charge < -0.3 is 15.7 Å². The third-order valence-corrected chi connectivity index (χ3v) is 2.38. The molecule has 1 amide bonds. The van der Waals surface area contributed by atoms with Crippen molar-refractivity contribution in [2.24, 2.45) is 0 Å². The highest BCUT2D eigenvalue weighted by molar-refractivity contribution is 5.84. The highest BCUT2D eigenvalue weighted by Gasteiger charge is 2.18. The molecule has 4 nitrogen and oxygen atoms in total. The molecule has 18 heavy (non-hydrogen) atoms. The molecule has 1 aromatic rings. The monoisotopic (exact) mass is 250 g/mol. The van der Waals surface area contributed by atoms with E-state index in [0.717, 1.165) is 11.3 Å². The van der Waals surface area contributed by atoms with E-state index in [9.17, 15) is 4.79 Å². The van der Waals surface area contributed by atoms with Crippen LogP contribution in [0.4, 0.5) is 5.69 Å². The van der Waals surface area contributed by atoms with Crippen molar-refractivity contribution < 1.29 is 9.90 Å². The summed E-state index contributed by atoms with van der Waals surface area (Å²) in [7, 11) is 0. The van der Waals surface area contributed by atoms with Crippen molar-refractivity contribution in [3.8, 4) is 0 Å². The Bertz CT molecular complexity index is 411. The van der Waals surface area contributed by atoms with Crippen molar-refractivity contribution in [2.75, 3.05) is 5.32 Å². The molecule has 0 unspecified atom stereocenters. The fourth-order valence-corrected chi connectivity index (χ4v) is 1.55. The number of rotatable bonds is 4. The van der Waals surface area contributed by atoms with Crippen LogP contribution in [0.3, 0.4) is 0 Å². The van der Waals surface area contributed by atoms with Gasteiger partial charge in [-0.15, -0.1) is 0 Å². The maximum Gasteiger partial charge on any atom is 0.242 e. The van der Waals surface area contributed by atoms with E-state index >= 15 is 0 Å². The number of aliphatic hydroxyl groups excluding tert-OH is 1. The zero-order valence-electron chi connectivity index (χ0n) is 11.4. The van der Waals surface area contributed by atoms with Crippen molar-refractivity contribution in [1.82, 2.24) is 5.32 Å². The molecule has 3 N–H and O–H groups in total. The Balaban J connectivity index is 2.63. The molecule has 0 saturated carbocycles. The van der Waals surface area contributed by atoms with Gasteiger partial charge in [-0.2, -0.15) is 0 Å². The lowest BCUT2D eigenvalue weighted by Gasteiger charge is -2.24. The number of carbonyl (C=O) groups excluding carboxylic acids is 1. The average Bonchev–Trinajstić information content (AvgIpc) is 2.27. The number of nitrogens with one attached hydrogen (secondary N) is 2. The van der Waals surface area contributed by atoms with Gasteiger partial charge in [0, 0.05) is 11.2 Å². The number of carbonyl (C=O) groups is 1. The zero-order chi connectivity index (χ0) is 13.8. The van der Waals surface area contributed by atoms with Gasteiger partial charge in [-0.3, -0.25) is 4.79 Å². The lowest BCUT2D eigenvalue weighted by atomic mass is 10.1. The SMILES string of the molecule is C[C@H](Nc1cccc(CO)c1)C(=O)NC(C)(C)C. The van der Waals surface area contributed by atoms with Crippen LogP contribution in [-0.4, -0.2) is 22.6 Å². The molecule has 0 heterocycles. The molecule has 0 bridgehead atoms. The van der Waals surface area contributed by atoms with Gasteiger partial charge in [-0.1, -0.05) is 12.1 Å². The third-order valence-electron chi connectivity index (χ3n) is 2.38. The van der Waals surface area contributed by atoms with E-state index in [1.807, 2.05) is 52.0 Å². The van der Waals surface area contributed by atoms with Crippen LogP contribution in [0.1, 0.15) is 33.3 Å². The minimum absolute atomic E-state index is 0.00190. The average molecular weight is 250 g/mol. The lowest BCUT2D eigenvalue weighted by molar-refractivity contribution is -0.122. The molecular formula is C14H22N2O2. The van der Waals surface area contributed by atoms with Gasteiger partial charge in [-0.05, 0) is 45.4 Å². The van der Waals surface area contributed by atoms with Crippen LogP contribution < -0.4 is 10.6 Å². The van der Waals surface area contributed by atoms with E-state index in [1.54, 1.807) is 0 Å². The summed E-state index contributed by atoms with van der Waals surface area (Å²) in [6.07, 6.45) is 0. The van der Waals surface area contributed by atoms with Gasteiger partial charge in [0.05, 0.1) is 6.61 Å². The molecule has 1 aromatic carbocycles. The second-order valence-corrected chi connectivity index (χ2v) is 5.46. The molecule has 1 atom stereocenters. The highest BCUT2D eigenvalue weighted by atomic mass is 16.3. The van der Waals surface area contributed by atoms with E-state index in [0.29, 0.717) is 0 Å². The van der Waals surface area contributed by atoms with E-state index in [2.05, 4.69) is 10.6 Å². The van der Waals surface area contributed by atoms with Gasteiger partial charge in [-0.25, -0.2) is 0 Å². The van der Waals surface area contributed by atoms with Gasteiger partial charge >= 0.3 is 0 Å². The molecule has 100 valence electrons. The molecule has 0 saturated heterocycles. The molecule has 0 spiro atoms. The molecule has 0 aliphatic heterocycles. The molecule has 0 aliphatic rings. The van der Waals surface area contributed by atoms with E-state index < -0.39 is 0 Å². The van der Waals surface area contributed by atoms with E-state index in [-0.39, 0.29) is 24.1 Å². The molecule has 0 aliphatic carbocycles. The standard InChI is InChI=1S/C14H22N2O2/c1-10(13(18)16-14(2,3)4)15-12-7-5-6-11(8-12)9-17/h5-8,10,15,17H,9H2,1-4H3,(H,16,18)/t10-/m0/s1. The summed E-state index contributed by atoms with van der Waals surface area (Å²) >= 11 is 0. The number of amides is 1. The Kier molecular flexibility index (Phi) is 4.73. The van der Waals surface area contributed by atoms with Crippen molar-refractivity contribution in [3.63, 3.8) is 0 Å². The number of hydrogen-bond donors (Lipinski definition) is 3. The van der Waals surface area contributed by atoms with Crippen LogP contribution in [0.5, 0.6) is 0 Å². The Hall–Kier alpha value is -1.55. The summed E-state index contributed by atoms with van der Waals surface area (Å²) in [5, 5.41) is 15.1. The fraction of sp³-hybridized carbons (Fsp3) is 0.500. The van der Waals surface area contributed by atoms with Crippen LogP contribution in [0, 0.1) is 0 Å². The third kappa shape index (κ3) is 4.75. The van der Waals surface area contributed by atoms with E-state index in [4.69, 9.17) is 5.11 Å². The van der Waals surface area contributed by atoms with Crippen molar-refractivity contribution >= 4 is 11.6 Å².